The van der Waals surface area contributed by atoms with E-state index in [9.17, 15) is 9.90 Å². The molecule has 1 saturated heterocycles. The summed E-state index contributed by atoms with van der Waals surface area (Å²) >= 11 is 0. The molecule has 7 nitrogen and oxygen atoms in total. The number of quaternary nitrogens is 1. The highest BCUT2D eigenvalue weighted by atomic mass is 16.3. The first kappa shape index (κ1) is 20.3. The molecule has 2 aromatic rings. The largest absolute Gasteiger partial charge is 0.505 e. The Kier molecular flexibility index (Phi) is 5.72. The minimum atomic E-state index is -0.195. The fraction of sp³-hybridized carbons (Fsp3) is 0.435. The van der Waals surface area contributed by atoms with Gasteiger partial charge in [0.1, 0.15) is 17.2 Å². The van der Waals surface area contributed by atoms with Crippen molar-refractivity contribution >= 4 is 28.5 Å². The van der Waals surface area contributed by atoms with Crippen LogP contribution in [0.1, 0.15) is 32.6 Å². The fourth-order valence-electron chi connectivity index (χ4n) is 4.26. The van der Waals surface area contributed by atoms with Gasteiger partial charge in [-0.25, -0.2) is 9.51 Å². The minimum Gasteiger partial charge on any atom is -0.505 e. The average Bonchev–Trinajstić information content (AvgIpc) is 3.09. The number of likely N-dealkylation sites (tertiary alicyclic amines) is 1. The molecule has 30 heavy (non-hydrogen) atoms. The van der Waals surface area contributed by atoms with Gasteiger partial charge in [0.15, 0.2) is 11.6 Å². The maximum absolute atomic E-state index is 11.8. The van der Waals surface area contributed by atoms with E-state index >= 15 is 0 Å². The van der Waals surface area contributed by atoms with Crippen LogP contribution in [0.5, 0.6) is 0 Å². The van der Waals surface area contributed by atoms with Crippen LogP contribution in [0.2, 0.25) is 0 Å². The van der Waals surface area contributed by atoms with Gasteiger partial charge in [0.05, 0.1) is 32.2 Å². The highest BCUT2D eigenvalue weighted by Gasteiger charge is 2.24. The summed E-state index contributed by atoms with van der Waals surface area (Å²) in [5.41, 5.74) is 2.20. The molecule has 1 fully saturated rings. The Balaban J connectivity index is 1.55. The van der Waals surface area contributed by atoms with Crippen molar-refractivity contribution in [3.63, 3.8) is 0 Å². The molecule has 7 heteroatoms. The Bertz CT molecular complexity index is 1040. The van der Waals surface area contributed by atoms with Crippen molar-refractivity contribution in [2.45, 2.75) is 32.6 Å². The van der Waals surface area contributed by atoms with E-state index < -0.39 is 0 Å². The molecule has 0 aromatic carbocycles. The van der Waals surface area contributed by atoms with Gasteiger partial charge in [-0.1, -0.05) is 6.07 Å². The van der Waals surface area contributed by atoms with E-state index in [-0.39, 0.29) is 11.5 Å². The summed E-state index contributed by atoms with van der Waals surface area (Å²) in [6, 6.07) is 5.80. The van der Waals surface area contributed by atoms with E-state index in [2.05, 4.69) is 22.5 Å². The lowest BCUT2D eigenvalue weighted by Crippen LogP contribution is -2.48. The zero-order valence-electron chi connectivity index (χ0n) is 17.8. The Labute approximate surface area is 177 Å². The molecule has 0 saturated carbocycles. The molecule has 0 unspecified atom stereocenters. The second-order valence-electron chi connectivity index (χ2n) is 8.53. The number of hydrogen-bond acceptors (Lipinski definition) is 5. The van der Waals surface area contributed by atoms with Crippen molar-refractivity contribution in [2.75, 3.05) is 38.5 Å². The molecule has 3 heterocycles. The van der Waals surface area contributed by atoms with E-state index in [1.54, 1.807) is 17.5 Å². The van der Waals surface area contributed by atoms with Crippen molar-refractivity contribution in [1.29, 1.82) is 0 Å². The van der Waals surface area contributed by atoms with Crippen molar-refractivity contribution in [3.8, 4) is 0 Å². The van der Waals surface area contributed by atoms with Crippen molar-refractivity contribution < 1.29 is 14.4 Å². The fourth-order valence-corrected chi connectivity index (χ4v) is 4.26. The Morgan fingerprint density at radius 1 is 1.23 bits per heavy atom. The number of nitrogens with one attached hydrogen (secondary N) is 1. The van der Waals surface area contributed by atoms with Crippen LogP contribution < -0.4 is 5.32 Å². The van der Waals surface area contributed by atoms with Crippen LogP contribution in [-0.4, -0.2) is 63.9 Å². The molecule has 1 aliphatic carbocycles. The zero-order chi connectivity index (χ0) is 21.1. The number of ketones is 1. The van der Waals surface area contributed by atoms with Crippen LogP contribution in [0.15, 0.2) is 52.9 Å². The molecule has 2 aliphatic rings. The zero-order valence-corrected chi connectivity index (χ0v) is 17.8. The number of aromatic nitrogens is 2. The first-order valence-electron chi connectivity index (χ1n) is 10.7. The quantitative estimate of drug-likeness (QED) is 0.433. The molecule has 4 rings (SSSR count). The van der Waals surface area contributed by atoms with Crippen LogP contribution in [0.4, 0.5) is 11.5 Å². The number of aliphatic imine (C=N–C) groups is 1. The van der Waals surface area contributed by atoms with Gasteiger partial charge in [0, 0.05) is 24.7 Å². The predicted molar refractivity (Wildman–Crippen MR) is 120 cm³/mol. The van der Waals surface area contributed by atoms with Crippen molar-refractivity contribution in [3.05, 3.63) is 47.9 Å². The normalized spacial score (nSPS) is 20.3. The molecule has 0 amide bonds. The molecule has 0 bridgehead atoms. The maximum Gasteiger partial charge on any atom is 0.185 e. The molecular formula is C23H30N5O2+. The van der Waals surface area contributed by atoms with E-state index in [4.69, 9.17) is 0 Å². The van der Waals surface area contributed by atoms with Crippen LogP contribution in [0.3, 0.4) is 0 Å². The number of aliphatic hydroxyl groups is 1. The second kappa shape index (κ2) is 8.44. The van der Waals surface area contributed by atoms with Gasteiger partial charge < -0.3 is 14.9 Å². The Morgan fingerprint density at radius 2 is 2.03 bits per heavy atom. The molecule has 2 aromatic heterocycles. The van der Waals surface area contributed by atoms with Crippen molar-refractivity contribution in [1.82, 2.24) is 9.61 Å². The number of fused-ring (bicyclic) bond motifs is 1. The Hall–Kier alpha value is -2.93. The molecule has 0 radical (unpaired) electrons. The topological polar surface area (TPSA) is 79.0 Å². The number of rotatable bonds is 6. The van der Waals surface area contributed by atoms with Crippen LogP contribution in [0.25, 0.3) is 5.52 Å². The Morgan fingerprint density at radius 3 is 2.83 bits per heavy atom. The van der Waals surface area contributed by atoms with Crippen LogP contribution >= 0.6 is 0 Å². The number of allylic oxidation sites excluding steroid dienone is 3. The average molecular weight is 409 g/mol. The molecule has 0 atom stereocenters. The first-order chi connectivity index (χ1) is 14.5. The summed E-state index contributed by atoms with van der Waals surface area (Å²) in [6.07, 6.45) is 9.94. The molecule has 158 valence electrons. The number of piperidine rings is 1. The molecule has 2 N–H and O–H groups in total. The number of hydrogen-bond donors (Lipinski definition) is 2. The number of carbonyl (C=O) groups is 1. The number of carbonyl (C=O) groups excluding carboxylic acids is 1. The van der Waals surface area contributed by atoms with Gasteiger partial charge in [0.25, 0.3) is 0 Å². The van der Waals surface area contributed by atoms with Gasteiger partial charge in [-0.15, -0.1) is 5.10 Å². The van der Waals surface area contributed by atoms with E-state index in [0.717, 1.165) is 29.5 Å². The summed E-state index contributed by atoms with van der Waals surface area (Å²) in [6.45, 7) is 6.10. The summed E-state index contributed by atoms with van der Waals surface area (Å²) in [5.74, 6) is 0.413. The summed E-state index contributed by atoms with van der Waals surface area (Å²) < 4.78 is 2.93. The van der Waals surface area contributed by atoms with Gasteiger partial charge >= 0.3 is 0 Å². The number of nitrogens with zero attached hydrogens (tertiary/aromatic N) is 4. The highest BCUT2D eigenvalue weighted by Crippen LogP contribution is 2.31. The van der Waals surface area contributed by atoms with E-state index in [0.29, 0.717) is 22.8 Å². The summed E-state index contributed by atoms with van der Waals surface area (Å²) in [4.78, 5) is 16.4. The van der Waals surface area contributed by atoms with E-state index in [1.165, 1.54) is 38.4 Å². The van der Waals surface area contributed by atoms with Gasteiger partial charge in [0.2, 0.25) is 0 Å². The van der Waals surface area contributed by atoms with Crippen LogP contribution in [0, 0.1) is 0 Å². The molecule has 0 spiro atoms. The highest BCUT2D eigenvalue weighted by molar-refractivity contribution is 6.21. The summed E-state index contributed by atoms with van der Waals surface area (Å²) in [5, 5.41) is 18.5. The standard InChI is InChI=1S/C23H29N5O2/c1-17-20(29)11-10-18(22(17)30)25-21-19-9-4-5-13-27(19)26-23(21)24-12-8-16-28(2)14-6-3-7-15-28/h4-5,9-11,13H,3,6-8,12,14-16H2,1-2H3,(H-,24,26,29,30)/p+1. The number of aliphatic hydroxyl groups excluding tert-OH is 1. The first-order valence-corrected chi connectivity index (χ1v) is 10.7. The van der Waals surface area contributed by atoms with Gasteiger partial charge in [-0.2, -0.15) is 0 Å². The van der Waals surface area contributed by atoms with E-state index in [1.807, 2.05) is 24.4 Å². The minimum absolute atomic E-state index is 0.0775. The third-order valence-corrected chi connectivity index (χ3v) is 6.17. The van der Waals surface area contributed by atoms with Crippen molar-refractivity contribution in [2.24, 2.45) is 4.99 Å². The monoisotopic (exact) mass is 408 g/mol. The second-order valence-corrected chi connectivity index (χ2v) is 8.53. The van der Waals surface area contributed by atoms with Gasteiger partial charge in [-0.3, -0.25) is 4.79 Å². The molecular weight excluding hydrogens is 378 g/mol. The third-order valence-electron chi connectivity index (χ3n) is 6.17. The maximum atomic E-state index is 11.8. The van der Waals surface area contributed by atoms with Crippen LogP contribution in [-0.2, 0) is 4.79 Å². The molecule has 1 aliphatic heterocycles. The van der Waals surface area contributed by atoms with Gasteiger partial charge in [-0.05, 0) is 50.5 Å². The number of pyridine rings is 1. The lowest BCUT2D eigenvalue weighted by atomic mass is 10.0. The predicted octanol–water partition coefficient (Wildman–Crippen LogP) is 3.81. The third kappa shape index (κ3) is 4.16. The lowest BCUT2D eigenvalue weighted by molar-refractivity contribution is -0.914. The lowest BCUT2D eigenvalue weighted by Gasteiger charge is -2.37. The smallest absolute Gasteiger partial charge is 0.185 e. The SMILES string of the molecule is CC1=C(O)C(=Nc2c(NCCC[N+]3(C)CCCCC3)nn3ccccc23)C=CC1=O. The summed E-state index contributed by atoms with van der Waals surface area (Å²) in [7, 11) is 2.36. The number of anilines is 1.